The maximum Gasteiger partial charge on any atom is 0.258 e. The molecule has 1 aliphatic heterocycles. The largest absolute Gasteiger partial charge is 0.369 e. The van der Waals surface area contributed by atoms with E-state index in [0.29, 0.717) is 5.56 Å². The summed E-state index contributed by atoms with van der Waals surface area (Å²) in [4.78, 5) is 22.1. The van der Waals surface area contributed by atoms with Crippen LogP contribution < -0.4 is 10.2 Å². The Morgan fingerprint density at radius 2 is 1.67 bits per heavy atom. The SMILES string of the molecule is CC1CCC(c2cccc(NC(=O)c3ccc(Cl)nc3Cl)c2)(N2CCN(c3ccccc3)CC2)CC1. The highest BCUT2D eigenvalue weighted by molar-refractivity contribution is 6.35. The van der Waals surface area contributed by atoms with Crippen molar-refractivity contribution in [2.45, 2.75) is 38.1 Å². The fourth-order valence-electron chi connectivity index (χ4n) is 5.73. The lowest BCUT2D eigenvalue weighted by Crippen LogP contribution is -2.56. The van der Waals surface area contributed by atoms with Crippen molar-refractivity contribution in [1.82, 2.24) is 9.88 Å². The highest BCUT2D eigenvalue weighted by Gasteiger charge is 2.42. The average molecular weight is 524 g/mol. The third kappa shape index (κ3) is 5.24. The number of carbonyl (C=O) groups is 1. The van der Waals surface area contributed by atoms with Gasteiger partial charge in [-0.1, -0.05) is 60.5 Å². The Bertz CT molecular complexity index is 1200. The number of carbonyl (C=O) groups excluding carboxylic acids is 1. The van der Waals surface area contributed by atoms with Crippen molar-refractivity contribution in [3.63, 3.8) is 0 Å². The first-order valence-corrected chi connectivity index (χ1v) is 13.5. The number of nitrogens with zero attached hydrogens (tertiary/aromatic N) is 3. The smallest absolute Gasteiger partial charge is 0.258 e. The first-order chi connectivity index (χ1) is 17.4. The zero-order chi connectivity index (χ0) is 25.1. The molecule has 5 nitrogen and oxygen atoms in total. The van der Waals surface area contributed by atoms with Crippen LogP contribution in [0.2, 0.25) is 10.3 Å². The molecule has 0 spiro atoms. The summed E-state index contributed by atoms with van der Waals surface area (Å²) in [6.07, 6.45) is 4.68. The molecule has 0 radical (unpaired) electrons. The fourth-order valence-corrected chi connectivity index (χ4v) is 6.16. The second-order valence-corrected chi connectivity index (χ2v) is 10.8. The number of halogens is 2. The highest BCUT2D eigenvalue weighted by Crippen LogP contribution is 2.45. The van der Waals surface area contributed by atoms with Gasteiger partial charge in [0.2, 0.25) is 0 Å². The monoisotopic (exact) mass is 522 g/mol. The van der Waals surface area contributed by atoms with Crippen molar-refractivity contribution < 1.29 is 4.79 Å². The zero-order valence-corrected chi connectivity index (χ0v) is 22.1. The molecule has 0 atom stereocenters. The standard InChI is InChI=1S/C29H32Cl2N4O/c1-21-12-14-29(15-13-21,35-18-16-34(17-19-35)24-8-3-2-4-9-24)22-6-5-7-23(20-22)32-28(36)25-10-11-26(30)33-27(25)31/h2-11,20-21H,12-19H2,1H3,(H,32,36). The highest BCUT2D eigenvalue weighted by atomic mass is 35.5. The Kier molecular flexibility index (Phi) is 7.52. The number of nitrogens with one attached hydrogen (secondary N) is 1. The number of aromatic nitrogens is 1. The number of pyridine rings is 1. The summed E-state index contributed by atoms with van der Waals surface area (Å²) in [7, 11) is 0. The van der Waals surface area contributed by atoms with E-state index >= 15 is 0 Å². The molecule has 3 aromatic rings. The maximum absolute atomic E-state index is 12.9. The summed E-state index contributed by atoms with van der Waals surface area (Å²) < 4.78 is 0. The van der Waals surface area contributed by atoms with E-state index < -0.39 is 0 Å². The zero-order valence-electron chi connectivity index (χ0n) is 20.6. The molecule has 2 aromatic carbocycles. The molecule has 1 aromatic heterocycles. The van der Waals surface area contributed by atoms with Crippen molar-refractivity contribution >= 4 is 40.5 Å². The Morgan fingerprint density at radius 3 is 2.36 bits per heavy atom. The molecule has 0 bridgehead atoms. The number of benzene rings is 2. The number of para-hydroxylation sites is 1. The Labute approximate surface area is 223 Å². The van der Waals surface area contributed by atoms with Crippen LogP contribution >= 0.6 is 23.2 Å². The molecule has 1 aliphatic carbocycles. The molecule has 1 saturated heterocycles. The van der Waals surface area contributed by atoms with E-state index in [-0.39, 0.29) is 21.8 Å². The lowest BCUT2D eigenvalue weighted by molar-refractivity contribution is 0.0299. The Morgan fingerprint density at radius 1 is 0.944 bits per heavy atom. The van der Waals surface area contributed by atoms with E-state index in [0.717, 1.165) is 50.6 Å². The summed E-state index contributed by atoms with van der Waals surface area (Å²) in [6, 6.07) is 22.2. The first-order valence-electron chi connectivity index (χ1n) is 12.7. The van der Waals surface area contributed by atoms with Gasteiger partial charge in [0.05, 0.1) is 5.56 Å². The van der Waals surface area contributed by atoms with E-state index in [1.54, 1.807) is 12.1 Å². The van der Waals surface area contributed by atoms with Gasteiger partial charge in [0.25, 0.3) is 5.91 Å². The van der Waals surface area contributed by atoms with Crippen LogP contribution in [0.5, 0.6) is 0 Å². The van der Waals surface area contributed by atoms with Gasteiger partial charge in [0.15, 0.2) is 0 Å². The Balaban J connectivity index is 1.37. The molecule has 1 amide bonds. The molecule has 188 valence electrons. The van der Waals surface area contributed by atoms with Gasteiger partial charge in [-0.15, -0.1) is 0 Å². The van der Waals surface area contributed by atoms with Gasteiger partial charge in [0.1, 0.15) is 10.3 Å². The van der Waals surface area contributed by atoms with Crippen molar-refractivity contribution in [2.75, 3.05) is 36.4 Å². The number of rotatable bonds is 5. The second-order valence-electron chi connectivity index (χ2n) is 10.0. The molecule has 2 fully saturated rings. The van der Waals surface area contributed by atoms with Crippen LogP contribution in [0.25, 0.3) is 0 Å². The van der Waals surface area contributed by atoms with E-state index in [1.165, 1.54) is 24.1 Å². The van der Waals surface area contributed by atoms with Crippen molar-refractivity contribution in [2.24, 2.45) is 5.92 Å². The third-order valence-electron chi connectivity index (χ3n) is 7.82. The molecular weight excluding hydrogens is 491 g/mol. The molecule has 1 N–H and O–H groups in total. The molecular formula is C29H32Cl2N4O. The van der Waals surface area contributed by atoms with Gasteiger partial charge in [-0.25, -0.2) is 4.98 Å². The van der Waals surface area contributed by atoms with E-state index in [4.69, 9.17) is 23.2 Å². The molecule has 7 heteroatoms. The van der Waals surface area contributed by atoms with E-state index in [2.05, 4.69) is 69.5 Å². The minimum absolute atomic E-state index is 0.0184. The number of anilines is 2. The van der Waals surface area contributed by atoms with Gasteiger partial charge >= 0.3 is 0 Å². The quantitative estimate of drug-likeness (QED) is 0.371. The summed E-state index contributed by atoms with van der Waals surface area (Å²) in [5, 5.41) is 3.39. The summed E-state index contributed by atoms with van der Waals surface area (Å²) >= 11 is 12.1. The average Bonchev–Trinajstić information content (AvgIpc) is 2.90. The minimum Gasteiger partial charge on any atom is -0.369 e. The predicted octanol–water partition coefficient (Wildman–Crippen LogP) is 6.87. The van der Waals surface area contributed by atoms with Gasteiger partial charge < -0.3 is 10.2 Å². The lowest BCUT2D eigenvalue weighted by atomic mass is 9.71. The second kappa shape index (κ2) is 10.8. The molecule has 0 unspecified atom stereocenters. The molecule has 2 heterocycles. The Hall–Kier alpha value is -2.60. The first kappa shape index (κ1) is 25.1. The van der Waals surface area contributed by atoms with Gasteiger partial charge in [-0.05, 0) is 73.6 Å². The predicted molar refractivity (Wildman–Crippen MR) is 148 cm³/mol. The molecule has 36 heavy (non-hydrogen) atoms. The molecule has 5 rings (SSSR count). The lowest BCUT2D eigenvalue weighted by Gasteiger charge is -2.51. The third-order valence-corrected chi connectivity index (χ3v) is 8.32. The van der Waals surface area contributed by atoms with Crippen LogP contribution in [0.4, 0.5) is 11.4 Å². The minimum atomic E-state index is -0.288. The normalized spacial score (nSPS) is 22.9. The molecule has 2 aliphatic rings. The van der Waals surface area contributed by atoms with E-state index in [1.807, 2.05) is 12.1 Å². The van der Waals surface area contributed by atoms with Gasteiger partial charge in [0, 0.05) is 43.1 Å². The van der Waals surface area contributed by atoms with Crippen LogP contribution in [0.1, 0.15) is 48.5 Å². The van der Waals surface area contributed by atoms with Gasteiger partial charge in [-0.2, -0.15) is 0 Å². The summed E-state index contributed by atoms with van der Waals surface area (Å²) in [6.45, 7) is 6.43. The summed E-state index contributed by atoms with van der Waals surface area (Å²) in [5.74, 6) is 0.454. The van der Waals surface area contributed by atoms with Crippen molar-refractivity contribution in [3.8, 4) is 0 Å². The number of hydrogen-bond donors (Lipinski definition) is 1. The number of piperazine rings is 1. The van der Waals surface area contributed by atoms with Crippen LogP contribution in [0, 0.1) is 5.92 Å². The summed E-state index contributed by atoms with van der Waals surface area (Å²) in [5.41, 5.74) is 3.63. The molecule has 1 saturated carbocycles. The van der Waals surface area contributed by atoms with E-state index in [9.17, 15) is 4.79 Å². The van der Waals surface area contributed by atoms with Gasteiger partial charge in [-0.3, -0.25) is 9.69 Å². The van der Waals surface area contributed by atoms with Crippen LogP contribution in [-0.4, -0.2) is 42.0 Å². The number of hydrogen-bond acceptors (Lipinski definition) is 4. The van der Waals surface area contributed by atoms with Crippen molar-refractivity contribution in [3.05, 3.63) is 88.2 Å². The van der Waals surface area contributed by atoms with Crippen molar-refractivity contribution in [1.29, 1.82) is 0 Å². The van der Waals surface area contributed by atoms with Crippen LogP contribution in [0.3, 0.4) is 0 Å². The van der Waals surface area contributed by atoms with Crippen LogP contribution in [0.15, 0.2) is 66.7 Å². The topological polar surface area (TPSA) is 48.5 Å². The van der Waals surface area contributed by atoms with Crippen LogP contribution in [-0.2, 0) is 5.54 Å². The fraction of sp³-hybridized carbons (Fsp3) is 0.379. The maximum atomic E-state index is 12.9. The number of amides is 1.